The molecule has 0 unspecified atom stereocenters. The van der Waals surface area contributed by atoms with E-state index in [1.165, 1.54) is 5.48 Å². The third-order valence-electron chi connectivity index (χ3n) is 1.41. The van der Waals surface area contributed by atoms with Crippen molar-refractivity contribution in [3.8, 4) is 0 Å². The molecule has 5 N–H and O–H groups in total. The van der Waals surface area contributed by atoms with Crippen molar-refractivity contribution in [2.75, 3.05) is 6.54 Å². The van der Waals surface area contributed by atoms with E-state index in [0.29, 0.717) is 6.42 Å². The van der Waals surface area contributed by atoms with Crippen LogP contribution in [0.4, 0.5) is 4.79 Å². The number of amides is 2. The van der Waals surface area contributed by atoms with Gasteiger partial charge in [0.2, 0.25) is 0 Å². The maximum Gasteiger partial charge on any atom is 0.319 e. The largest absolute Gasteiger partial charge is 0.787 e. The van der Waals surface area contributed by atoms with Crippen LogP contribution in [0.1, 0.15) is 12.8 Å². The minimum atomic E-state index is -1.20. The number of carbonyl (C=O) groups is 2. The summed E-state index contributed by atoms with van der Waals surface area (Å²) in [6, 6.07) is -1.78. The molecule has 0 aliphatic rings. The summed E-state index contributed by atoms with van der Waals surface area (Å²) in [6.07, 6.45) is 0.536. The van der Waals surface area contributed by atoms with Gasteiger partial charge in [-0.05, 0) is 12.8 Å². The number of hydroxylamine groups is 1. The first-order chi connectivity index (χ1) is 6.07. The van der Waals surface area contributed by atoms with Crippen LogP contribution in [0.2, 0.25) is 0 Å². The zero-order valence-electron chi connectivity index (χ0n) is 6.95. The fourth-order valence-electron chi connectivity index (χ4n) is 0.751. The maximum absolute atomic E-state index is 10.3. The lowest BCUT2D eigenvalue weighted by Gasteiger charge is -2.17. The van der Waals surface area contributed by atoms with Crippen LogP contribution in [-0.2, 0) is 4.79 Å². The van der Waals surface area contributed by atoms with Gasteiger partial charge in [-0.2, -0.15) is 0 Å². The second-order valence-electron chi connectivity index (χ2n) is 2.44. The van der Waals surface area contributed by atoms with E-state index in [4.69, 9.17) is 10.8 Å². The number of hydrogen-bond acceptors (Lipinski definition) is 4. The van der Waals surface area contributed by atoms with E-state index in [1.807, 2.05) is 0 Å². The molecule has 0 saturated carbocycles. The fraction of sp³-hybridized carbons (Fsp3) is 0.667. The summed E-state index contributed by atoms with van der Waals surface area (Å²) in [6.45, 7) is 0.265. The van der Waals surface area contributed by atoms with E-state index >= 15 is 0 Å². The van der Waals surface area contributed by atoms with Crippen molar-refractivity contribution in [1.82, 2.24) is 10.8 Å². The van der Waals surface area contributed by atoms with Crippen molar-refractivity contribution >= 4 is 12.0 Å². The van der Waals surface area contributed by atoms with Crippen LogP contribution < -0.4 is 16.5 Å². The Balaban J connectivity index is 3.50. The van der Waals surface area contributed by atoms with Crippen molar-refractivity contribution in [1.29, 1.82) is 0 Å². The number of carboxylic acids is 1. The normalized spacial score (nSPS) is 12.1. The van der Waals surface area contributed by atoms with Crippen molar-refractivity contribution in [3.63, 3.8) is 0 Å². The van der Waals surface area contributed by atoms with Crippen molar-refractivity contribution in [2.45, 2.75) is 18.9 Å². The van der Waals surface area contributed by atoms with Crippen molar-refractivity contribution in [3.05, 3.63) is 5.21 Å². The zero-order chi connectivity index (χ0) is 10.3. The van der Waals surface area contributed by atoms with Gasteiger partial charge in [-0.25, -0.2) is 4.79 Å². The summed E-state index contributed by atoms with van der Waals surface area (Å²) in [5, 5.41) is 20.7. The van der Waals surface area contributed by atoms with E-state index in [1.54, 1.807) is 0 Å². The summed E-state index contributed by atoms with van der Waals surface area (Å²) in [4.78, 5) is 20.4. The number of primary amides is 1. The van der Waals surface area contributed by atoms with Gasteiger partial charge >= 0.3 is 12.0 Å². The summed E-state index contributed by atoms with van der Waals surface area (Å²) < 4.78 is 0. The van der Waals surface area contributed by atoms with Gasteiger partial charge in [0.1, 0.15) is 0 Å². The molecule has 0 rings (SSSR count). The predicted molar refractivity (Wildman–Crippen MR) is 44.7 cm³/mol. The Hall–Kier alpha value is -1.34. The topological polar surface area (TPSA) is 128 Å². The van der Waals surface area contributed by atoms with Crippen LogP contribution in [0.3, 0.4) is 0 Å². The molecular formula is C6H12N3O4-. The molecule has 0 heterocycles. The molecule has 0 aromatic rings. The molecule has 0 saturated heterocycles. The second kappa shape index (κ2) is 6.21. The van der Waals surface area contributed by atoms with E-state index in [9.17, 15) is 14.8 Å². The van der Waals surface area contributed by atoms with Gasteiger partial charge in [-0.1, -0.05) is 0 Å². The molecule has 76 valence electrons. The zero-order valence-corrected chi connectivity index (χ0v) is 6.95. The molecule has 2 amide bonds. The van der Waals surface area contributed by atoms with Crippen LogP contribution in [0, 0.1) is 5.21 Å². The summed E-state index contributed by atoms with van der Waals surface area (Å²) in [5.41, 5.74) is 6.15. The summed E-state index contributed by atoms with van der Waals surface area (Å²) in [7, 11) is 0. The molecule has 1 atom stereocenters. The number of aliphatic carboxylic acids is 1. The van der Waals surface area contributed by atoms with Crippen molar-refractivity contribution in [2.24, 2.45) is 5.73 Å². The lowest BCUT2D eigenvalue weighted by molar-refractivity contribution is -0.139. The molecule has 0 aromatic heterocycles. The minimum absolute atomic E-state index is 0.152. The van der Waals surface area contributed by atoms with E-state index in [-0.39, 0.29) is 13.0 Å². The number of hydrogen-bond donors (Lipinski definition) is 4. The van der Waals surface area contributed by atoms with Gasteiger partial charge < -0.3 is 26.8 Å². The molecule has 7 nitrogen and oxygen atoms in total. The molecule has 0 aliphatic carbocycles. The van der Waals surface area contributed by atoms with E-state index in [2.05, 4.69) is 5.32 Å². The Morgan fingerprint density at radius 2 is 2.15 bits per heavy atom. The van der Waals surface area contributed by atoms with Crippen LogP contribution in [0.5, 0.6) is 0 Å². The highest BCUT2D eigenvalue weighted by molar-refractivity contribution is 5.73. The van der Waals surface area contributed by atoms with Crippen LogP contribution in [-0.4, -0.2) is 29.7 Å². The predicted octanol–water partition coefficient (Wildman–Crippen LogP) is -1.02. The van der Waals surface area contributed by atoms with Gasteiger partial charge in [-0.15, -0.1) is 0 Å². The molecule has 0 spiro atoms. The minimum Gasteiger partial charge on any atom is -0.787 e. The van der Waals surface area contributed by atoms with Gasteiger partial charge in [0.05, 0.1) is 6.04 Å². The summed E-state index contributed by atoms with van der Waals surface area (Å²) in [5.74, 6) is -1.20. The lowest BCUT2D eigenvalue weighted by Crippen LogP contribution is -2.35. The Morgan fingerprint density at radius 1 is 1.54 bits per heavy atom. The first kappa shape index (κ1) is 11.7. The van der Waals surface area contributed by atoms with Gasteiger partial charge in [-0.3, -0.25) is 4.79 Å². The van der Waals surface area contributed by atoms with Gasteiger partial charge in [0.25, 0.3) is 0 Å². The molecule has 0 fully saturated rings. The van der Waals surface area contributed by atoms with Crippen LogP contribution >= 0.6 is 0 Å². The molecule has 7 heteroatoms. The Labute approximate surface area is 74.9 Å². The molecule has 0 bridgehead atoms. The quantitative estimate of drug-likeness (QED) is 0.314. The average molecular weight is 190 g/mol. The number of carbonyl (C=O) groups excluding carboxylic acids is 1. The third-order valence-corrected chi connectivity index (χ3v) is 1.41. The second-order valence-corrected chi connectivity index (χ2v) is 2.44. The van der Waals surface area contributed by atoms with Gasteiger partial charge in [0, 0.05) is 6.54 Å². The van der Waals surface area contributed by atoms with Crippen molar-refractivity contribution < 1.29 is 14.7 Å². The molecule has 0 aliphatic heterocycles. The first-order valence-corrected chi connectivity index (χ1v) is 3.71. The first-order valence-electron chi connectivity index (χ1n) is 3.71. The standard InChI is InChI=1S/C6H12N3O4/c7-6(12)8-3-1-2-4(9-13)5(10)11/h4,9H,1-3H2,(H,10,11)(H3,7,8,12)/q-1/t4-/m0/s1. The highest BCUT2D eigenvalue weighted by Crippen LogP contribution is 1.95. The highest BCUT2D eigenvalue weighted by Gasteiger charge is 2.11. The van der Waals surface area contributed by atoms with E-state index < -0.39 is 18.0 Å². The SMILES string of the molecule is NC(=O)NCCC[C@H](N[O-])C(=O)O. The monoisotopic (exact) mass is 190 g/mol. The van der Waals surface area contributed by atoms with Crippen LogP contribution in [0.25, 0.3) is 0 Å². The Kier molecular flexibility index (Phi) is 5.57. The number of rotatable bonds is 6. The van der Waals surface area contributed by atoms with Crippen LogP contribution in [0.15, 0.2) is 0 Å². The highest BCUT2D eigenvalue weighted by atomic mass is 16.5. The lowest BCUT2D eigenvalue weighted by atomic mass is 10.2. The number of urea groups is 1. The molecule has 0 aromatic carbocycles. The number of carboxylic acid groups (broad SMARTS) is 1. The van der Waals surface area contributed by atoms with E-state index in [0.717, 1.165) is 0 Å². The maximum atomic E-state index is 10.3. The Bertz CT molecular complexity index is 185. The Morgan fingerprint density at radius 3 is 2.54 bits per heavy atom. The molecule has 13 heavy (non-hydrogen) atoms. The fourth-order valence-corrected chi connectivity index (χ4v) is 0.751. The van der Waals surface area contributed by atoms with Gasteiger partial charge in [0.15, 0.2) is 0 Å². The number of nitrogens with two attached hydrogens (primary N) is 1. The molecular weight excluding hydrogens is 178 g/mol. The smallest absolute Gasteiger partial charge is 0.319 e. The summed E-state index contributed by atoms with van der Waals surface area (Å²) >= 11 is 0. The number of nitrogens with one attached hydrogen (secondary N) is 2. The molecule has 0 radical (unpaired) electrons. The average Bonchev–Trinajstić information content (AvgIpc) is 2.03. The third kappa shape index (κ3) is 5.88.